The second-order valence-electron chi connectivity index (χ2n) is 0.710. The Hall–Kier alpha value is -0.510. The van der Waals surface area contributed by atoms with E-state index >= 15 is 0 Å². The highest BCUT2D eigenvalue weighted by Gasteiger charge is 1.80. The van der Waals surface area contributed by atoms with Crippen molar-refractivity contribution in [1.82, 2.24) is 0 Å². The molecule has 0 spiro atoms. The summed E-state index contributed by atoms with van der Waals surface area (Å²) in [5.41, 5.74) is 6.11. The van der Waals surface area contributed by atoms with Crippen LogP contribution in [0.3, 0.4) is 0 Å². The van der Waals surface area contributed by atoms with Gasteiger partial charge < -0.3 is 5.11 Å². The van der Waals surface area contributed by atoms with E-state index in [-0.39, 0.29) is 11.6 Å². The van der Waals surface area contributed by atoms with Gasteiger partial charge in [0.05, 0.1) is 0 Å². The molecule has 0 aliphatic heterocycles. The smallest absolute Gasteiger partial charge is 0.180 e. The van der Waals surface area contributed by atoms with Gasteiger partial charge >= 0.3 is 0 Å². The van der Waals surface area contributed by atoms with Crippen LogP contribution in [0.4, 0.5) is 0 Å². The number of nitrogens with zero attached hydrogens (tertiary/aromatic N) is 1. The van der Waals surface area contributed by atoms with Crippen molar-refractivity contribution in [3.05, 3.63) is 0 Å². The maximum Gasteiger partial charge on any atom is 0.180 e. The molecule has 34 valence electrons. The molecule has 0 saturated carbocycles. The second kappa shape index (κ2) is 2.71. The van der Waals surface area contributed by atoms with E-state index in [1.807, 2.05) is 0 Å². The molecule has 0 aromatic heterocycles. The number of hydrogen-bond acceptors (Lipinski definition) is 3. The van der Waals surface area contributed by atoms with E-state index < -0.39 is 0 Å². The van der Waals surface area contributed by atoms with Gasteiger partial charge in [0.25, 0.3) is 0 Å². The third kappa shape index (κ3) is 3.49. The molecule has 0 rings (SSSR count). The molecule has 0 aromatic rings. The van der Waals surface area contributed by atoms with Crippen molar-refractivity contribution in [3.8, 4) is 0 Å². The Labute approximate surface area is 40.5 Å². The fourth-order valence-electron chi connectivity index (χ4n) is 0.0676. The van der Waals surface area contributed by atoms with E-state index in [0.29, 0.717) is 0 Å². The fourth-order valence-corrected chi connectivity index (χ4v) is 0.132. The SMILES string of the molecule is N=NCC(O)=S. The van der Waals surface area contributed by atoms with Crippen molar-refractivity contribution < 1.29 is 5.11 Å². The molecule has 0 aliphatic rings. The summed E-state index contributed by atoms with van der Waals surface area (Å²) in [5, 5.41) is 10.6. The van der Waals surface area contributed by atoms with Crippen LogP contribution in [0.1, 0.15) is 0 Å². The van der Waals surface area contributed by atoms with E-state index in [4.69, 9.17) is 10.6 Å². The van der Waals surface area contributed by atoms with Gasteiger partial charge in [0, 0.05) is 0 Å². The average Bonchev–Trinajstić information content (AvgIpc) is 1.35. The maximum atomic E-state index is 8.07. The minimum absolute atomic E-state index is 0.0463. The summed E-state index contributed by atoms with van der Waals surface area (Å²) < 4.78 is 0. The van der Waals surface area contributed by atoms with Crippen LogP contribution in [0.15, 0.2) is 5.11 Å². The standard InChI is InChI=1S/C2H4N2OS/c3-4-1-2(5)6/h3H,1H2,(H,5,6). The topological polar surface area (TPSA) is 56.4 Å². The molecule has 0 fully saturated rings. The van der Waals surface area contributed by atoms with E-state index in [2.05, 4.69) is 17.3 Å². The molecule has 0 aromatic carbocycles. The Balaban J connectivity index is 3.05. The molecule has 0 unspecified atom stereocenters. The van der Waals surface area contributed by atoms with Crippen molar-refractivity contribution in [3.63, 3.8) is 0 Å². The third-order valence-corrected chi connectivity index (χ3v) is 0.343. The molecule has 0 atom stereocenters. The van der Waals surface area contributed by atoms with Crippen LogP contribution >= 0.6 is 12.2 Å². The van der Waals surface area contributed by atoms with Crippen LogP contribution in [-0.2, 0) is 0 Å². The van der Waals surface area contributed by atoms with Crippen molar-refractivity contribution in [2.24, 2.45) is 5.11 Å². The number of hydrogen-bond donors (Lipinski definition) is 2. The first-order valence-electron chi connectivity index (χ1n) is 1.32. The van der Waals surface area contributed by atoms with Gasteiger partial charge in [-0.15, -0.1) is 0 Å². The molecule has 4 heteroatoms. The summed E-state index contributed by atoms with van der Waals surface area (Å²) in [6.45, 7) is -0.0463. The molecule has 0 radical (unpaired) electrons. The number of nitrogens with one attached hydrogen (secondary N) is 1. The van der Waals surface area contributed by atoms with Crippen molar-refractivity contribution in [2.75, 3.05) is 6.54 Å². The summed E-state index contributed by atoms with van der Waals surface area (Å²) in [6.07, 6.45) is 0. The molecule has 0 saturated heterocycles. The Bertz CT molecular complexity index is 71.9. The lowest BCUT2D eigenvalue weighted by atomic mass is 10.7. The van der Waals surface area contributed by atoms with Gasteiger partial charge in [-0.25, -0.2) is 5.53 Å². The largest absolute Gasteiger partial charge is 0.501 e. The van der Waals surface area contributed by atoms with E-state index in [1.54, 1.807) is 0 Å². The zero-order valence-electron chi connectivity index (χ0n) is 3.01. The van der Waals surface area contributed by atoms with Crippen LogP contribution in [0.5, 0.6) is 0 Å². The van der Waals surface area contributed by atoms with Gasteiger partial charge in [0.2, 0.25) is 0 Å². The molecule has 3 nitrogen and oxygen atoms in total. The van der Waals surface area contributed by atoms with Crippen LogP contribution in [0.25, 0.3) is 0 Å². The van der Waals surface area contributed by atoms with Gasteiger partial charge in [0.1, 0.15) is 6.54 Å². The number of aliphatic hydroxyl groups excluding tert-OH is 1. The Kier molecular flexibility index (Phi) is 2.48. The summed E-state index contributed by atoms with van der Waals surface area (Å²) in [5.74, 6) is 0. The van der Waals surface area contributed by atoms with Crippen molar-refractivity contribution in [2.45, 2.75) is 0 Å². The predicted octanol–water partition coefficient (Wildman–Crippen LogP) is 0.903. The molecule has 0 heterocycles. The lowest BCUT2D eigenvalue weighted by Gasteiger charge is -1.78. The van der Waals surface area contributed by atoms with Crippen molar-refractivity contribution in [1.29, 1.82) is 5.53 Å². The fraction of sp³-hybridized carbons (Fsp3) is 0.500. The molecule has 2 N–H and O–H groups in total. The van der Waals surface area contributed by atoms with Crippen LogP contribution in [0, 0.1) is 5.53 Å². The first-order valence-corrected chi connectivity index (χ1v) is 1.73. The monoisotopic (exact) mass is 104 g/mol. The first-order chi connectivity index (χ1) is 2.77. The van der Waals surface area contributed by atoms with Gasteiger partial charge in [-0.05, 0) is 12.2 Å². The quantitative estimate of drug-likeness (QED) is 0.404. The number of rotatable bonds is 2. The predicted molar refractivity (Wildman–Crippen MR) is 25.2 cm³/mol. The summed E-state index contributed by atoms with van der Waals surface area (Å²) in [6, 6.07) is 0. The minimum atomic E-state index is -0.231. The molecule has 0 bridgehead atoms. The normalized spacial score (nSPS) is 7.33. The Morgan fingerprint density at radius 2 is 2.50 bits per heavy atom. The van der Waals surface area contributed by atoms with Gasteiger partial charge in [-0.3, -0.25) is 0 Å². The molecule has 6 heavy (non-hydrogen) atoms. The van der Waals surface area contributed by atoms with Crippen molar-refractivity contribution >= 4 is 17.3 Å². The maximum absolute atomic E-state index is 8.07. The minimum Gasteiger partial charge on any atom is -0.501 e. The van der Waals surface area contributed by atoms with E-state index in [1.165, 1.54) is 0 Å². The highest BCUT2D eigenvalue weighted by Crippen LogP contribution is 1.68. The first kappa shape index (κ1) is 5.49. The second-order valence-corrected chi connectivity index (χ2v) is 1.18. The van der Waals surface area contributed by atoms with E-state index in [9.17, 15) is 0 Å². The molecular formula is C2H4N2OS. The van der Waals surface area contributed by atoms with Crippen LogP contribution in [-0.4, -0.2) is 16.7 Å². The zero-order chi connectivity index (χ0) is 4.99. The highest BCUT2D eigenvalue weighted by molar-refractivity contribution is 7.80. The van der Waals surface area contributed by atoms with Gasteiger partial charge in [-0.1, -0.05) is 0 Å². The summed E-state index contributed by atoms with van der Waals surface area (Å²) >= 11 is 4.14. The summed E-state index contributed by atoms with van der Waals surface area (Å²) in [4.78, 5) is 0. The zero-order valence-corrected chi connectivity index (χ0v) is 3.83. The van der Waals surface area contributed by atoms with E-state index in [0.717, 1.165) is 0 Å². The van der Waals surface area contributed by atoms with Crippen LogP contribution in [0.2, 0.25) is 0 Å². The number of thiocarbonyl (C=S) groups is 1. The lowest BCUT2D eigenvalue weighted by Crippen LogP contribution is -1.93. The van der Waals surface area contributed by atoms with Gasteiger partial charge in [0.15, 0.2) is 5.05 Å². The van der Waals surface area contributed by atoms with Crippen LogP contribution < -0.4 is 0 Å². The molecule has 0 amide bonds. The molecule has 0 aliphatic carbocycles. The molecular weight excluding hydrogens is 100 g/mol. The Morgan fingerprint density at radius 1 is 2.00 bits per heavy atom. The average molecular weight is 104 g/mol. The highest BCUT2D eigenvalue weighted by atomic mass is 32.1. The number of aliphatic hydroxyl groups is 1. The van der Waals surface area contributed by atoms with Gasteiger partial charge in [-0.2, -0.15) is 5.11 Å². The third-order valence-electron chi connectivity index (χ3n) is 0.214. The lowest BCUT2D eigenvalue weighted by molar-refractivity contribution is 0.555. The summed E-state index contributed by atoms with van der Waals surface area (Å²) in [7, 11) is 0. The Morgan fingerprint density at radius 3 is 2.50 bits per heavy atom.